The number of aliphatic hydroxyl groups excluding tert-OH is 1. The van der Waals surface area contributed by atoms with Gasteiger partial charge in [-0.3, -0.25) is 4.90 Å². The van der Waals surface area contributed by atoms with Gasteiger partial charge >= 0.3 is 0 Å². The molecule has 0 unspecified atom stereocenters. The van der Waals surface area contributed by atoms with Crippen LogP contribution < -0.4 is 9.47 Å². The van der Waals surface area contributed by atoms with E-state index in [0.29, 0.717) is 37.7 Å². The Morgan fingerprint density at radius 2 is 1.74 bits per heavy atom. The minimum absolute atomic E-state index is 0.439. The molecule has 2 aromatic heterocycles. The van der Waals surface area contributed by atoms with Crippen molar-refractivity contribution in [3.63, 3.8) is 0 Å². The van der Waals surface area contributed by atoms with Crippen LogP contribution in [0.2, 0.25) is 0 Å². The highest BCUT2D eigenvalue weighted by Gasteiger charge is 2.23. The molecule has 7 nitrogen and oxygen atoms in total. The van der Waals surface area contributed by atoms with Crippen molar-refractivity contribution in [1.82, 2.24) is 14.7 Å². The zero-order valence-corrected chi connectivity index (χ0v) is 19.8. The summed E-state index contributed by atoms with van der Waals surface area (Å²) >= 11 is 0. The van der Waals surface area contributed by atoms with Gasteiger partial charge in [-0.05, 0) is 61.9 Å². The van der Waals surface area contributed by atoms with Gasteiger partial charge in [0.05, 0.1) is 43.0 Å². The summed E-state index contributed by atoms with van der Waals surface area (Å²) in [4.78, 5) is 2.16. The second kappa shape index (κ2) is 11.0. The lowest BCUT2D eigenvalue weighted by atomic mass is 10.2. The summed E-state index contributed by atoms with van der Waals surface area (Å²) in [5.74, 6) is 2.93. The van der Waals surface area contributed by atoms with Gasteiger partial charge in [0.25, 0.3) is 0 Å². The molecule has 1 atom stereocenters. The summed E-state index contributed by atoms with van der Waals surface area (Å²) in [6.45, 7) is 5.59. The topological polar surface area (TPSA) is 72.9 Å². The van der Waals surface area contributed by atoms with E-state index in [9.17, 15) is 5.11 Å². The lowest BCUT2D eigenvalue weighted by Crippen LogP contribution is -2.31. The molecule has 0 amide bonds. The number of aryl methyl sites for hydroxylation is 1. The van der Waals surface area contributed by atoms with Gasteiger partial charge in [-0.25, -0.2) is 4.68 Å². The van der Waals surface area contributed by atoms with Crippen LogP contribution in [-0.4, -0.2) is 39.5 Å². The first kappa shape index (κ1) is 23.6. The molecule has 0 saturated carbocycles. The van der Waals surface area contributed by atoms with E-state index in [-0.39, 0.29) is 0 Å². The van der Waals surface area contributed by atoms with Crippen molar-refractivity contribution in [2.24, 2.45) is 0 Å². The number of para-hydroxylation sites is 1. The molecule has 0 bridgehead atoms. The predicted octanol–water partition coefficient (Wildman–Crippen LogP) is 5.35. The molecule has 7 heteroatoms. The van der Waals surface area contributed by atoms with Crippen LogP contribution in [-0.2, 0) is 13.1 Å². The lowest BCUT2D eigenvalue weighted by molar-refractivity contribution is 0.0968. The number of furan rings is 1. The van der Waals surface area contributed by atoms with Crippen LogP contribution in [0.4, 0.5) is 0 Å². The SMILES string of the molecule is CC[C@@H](O)CN(Cc1ccco1)Cc1c(C)nn(-c2ccccc2)c1Oc1ccc(OC)cc1. The summed E-state index contributed by atoms with van der Waals surface area (Å²) in [5, 5.41) is 15.2. The number of aliphatic hydroxyl groups is 1. The molecule has 0 radical (unpaired) electrons. The second-order valence-corrected chi connectivity index (χ2v) is 8.21. The van der Waals surface area contributed by atoms with E-state index >= 15 is 0 Å². The Morgan fingerprint density at radius 1 is 1.00 bits per heavy atom. The van der Waals surface area contributed by atoms with Crippen molar-refractivity contribution in [2.45, 2.75) is 39.5 Å². The van der Waals surface area contributed by atoms with E-state index in [1.807, 2.05) is 85.3 Å². The molecule has 0 aliphatic carbocycles. The quantitative estimate of drug-likeness (QED) is 0.325. The summed E-state index contributed by atoms with van der Waals surface area (Å²) in [7, 11) is 1.64. The minimum Gasteiger partial charge on any atom is -0.497 e. The largest absolute Gasteiger partial charge is 0.497 e. The molecule has 1 N–H and O–H groups in total. The zero-order valence-electron chi connectivity index (χ0n) is 19.8. The Hall–Kier alpha value is -3.55. The lowest BCUT2D eigenvalue weighted by Gasteiger charge is -2.24. The average molecular weight is 462 g/mol. The molecule has 0 saturated heterocycles. The molecular weight excluding hydrogens is 430 g/mol. The fourth-order valence-electron chi connectivity index (χ4n) is 3.78. The number of methoxy groups -OCH3 is 1. The maximum Gasteiger partial charge on any atom is 0.227 e. The zero-order chi connectivity index (χ0) is 23.9. The van der Waals surface area contributed by atoms with E-state index in [4.69, 9.17) is 19.0 Å². The van der Waals surface area contributed by atoms with Gasteiger partial charge in [0.2, 0.25) is 5.88 Å². The van der Waals surface area contributed by atoms with Crippen molar-refractivity contribution >= 4 is 0 Å². The van der Waals surface area contributed by atoms with Crippen LogP contribution >= 0.6 is 0 Å². The third-order valence-corrected chi connectivity index (χ3v) is 5.69. The van der Waals surface area contributed by atoms with Gasteiger partial charge in [-0.15, -0.1) is 0 Å². The van der Waals surface area contributed by atoms with Gasteiger partial charge in [-0.2, -0.15) is 5.10 Å². The monoisotopic (exact) mass is 461 g/mol. The average Bonchev–Trinajstić information content (AvgIpc) is 3.48. The first-order valence-electron chi connectivity index (χ1n) is 11.5. The molecule has 4 aromatic rings. The summed E-state index contributed by atoms with van der Waals surface area (Å²) < 4.78 is 19.1. The van der Waals surface area contributed by atoms with Gasteiger partial charge < -0.3 is 19.0 Å². The van der Waals surface area contributed by atoms with Gasteiger partial charge in [-0.1, -0.05) is 25.1 Å². The normalized spacial score (nSPS) is 12.1. The fourth-order valence-corrected chi connectivity index (χ4v) is 3.78. The van der Waals surface area contributed by atoms with Crippen molar-refractivity contribution in [1.29, 1.82) is 0 Å². The number of hydrogen-bond acceptors (Lipinski definition) is 6. The first-order chi connectivity index (χ1) is 16.6. The Balaban J connectivity index is 1.71. The van der Waals surface area contributed by atoms with Crippen LogP contribution in [0.1, 0.15) is 30.4 Å². The Kier molecular flexibility index (Phi) is 7.67. The Labute approximate surface area is 200 Å². The predicted molar refractivity (Wildman–Crippen MR) is 130 cm³/mol. The third-order valence-electron chi connectivity index (χ3n) is 5.69. The third kappa shape index (κ3) is 5.68. The summed E-state index contributed by atoms with van der Waals surface area (Å²) in [6, 6.07) is 21.2. The van der Waals surface area contributed by atoms with Crippen molar-refractivity contribution in [2.75, 3.05) is 13.7 Å². The van der Waals surface area contributed by atoms with E-state index < -0.39 is 6.10 Å². The molecule has 2 heterocycles. The van der Waals surface area contributed by atoms with Gasteiger partial charge in [0, 0.05) is 13.1 Å². The number of benzene rings is 2. The molecule has 178 valence electrons. The highest BCUT2D eigenvalue weighted by atomic mass is 16.5. The van der Waals surface area contributed by atoms with E-state index in [1.54, 1.807) is 13.4 Å². The number of aromatic nitrogens is 2. The highest BCUT2D eigenvalue weighted by molar-refractivity contribution is 5.44. The molecular formula is C27H31N3O4. The van der Waals surface area contributed by atoms with Crippen LogP contribution in [0.15, 0.2) is 77.4 Å². The highest BCUT2D eigenvalue weighted by Crippen LogP contribution is 2.32. The number of ether oxygens (including phenoxy) is 2. The Morgan fingerprint density at radius 3 is 2.38 bits per heavy atom. The molecule has 0 spiro atoms. The maximum absolute atomic E-state index is 10.4. The van der Waals surface area contributed by atoms with Crippen molar-refractivity contribution in [3.05, 3.63) is 90.0 Å². The molecule has 0 fully saturated rings. The number of hydrogen-bond donors (Lipinski definition) is 1. The van der Waals surface area contributed by atoms with E-state index in [0.717, 1.165) is 28.5 Å². The van der Waals surface area contributed by atoms with Crippen LogP contribution in [0, 0.1) is 6.92 Å². The molecule has 34 heavy (non-hydrogen) atoms. The maximum atomic E-state index is 10.4. The first-order valence-corrected chi connectivity index (χ1v) is 11.5. The molecule has 0 aliphatic heterocycles. The van der Waals surface area contributed by atoms with Gasteiger partial charge in [0.1, 0.15) is 17.3 Å². The summed E-state index contributed by atoms with van der Waals surface area (Å²) in [5.41, 5.74) is 2.73. The smallest absolute Gasteiger partial charge is 0.227 e. The second-order valence-electron chi connectivity index (χ2n) is 8.21. The molecule has 4 rings (SSSR count). The van der Waals surface area contributed by atoms with E-state index in [1.165, 1.54) is 0 Å². The fraction of sp³-hybridized carbons (Fsp3) is 0.296. The standard InChI is InChI=1S/C27H31N3O4/c1-4-22(31)17-29(18-25-11-8-16-33-25)19-26-20(2)28-30(21-9-6-5-7-10-21)27(26)34-24-14-12-23(32-3)13-15-24/h5-16,22,31H,4,17-19H2,1-3H3/t22-/m1/s1. The Bertz CT molecular complexity index is 1150. The number of nitrogens with zero attached hydrogens (tertiary/aromatic N) is 3. The summed E-state index contributed by atoms with van der Waals surface area (Å²) in [6.07, 6.45) is 1.90. The van der Waals surface area contributed by atoms with Crippen molar-refractivity contribution in [3.8, 4) is 23.1 Å². The van der Waals surface area contributed by atoms with Gasteiger partial charge in [0.15, 0.2) is 0 Å². The van der Waals surface area contributed by atoms with Crippen LogP contribution in [0.25, 0.3) is 5.69 Å². The van der Waals surface area contributed by atoms with Crippen molar-refractivity contribution < 1.29 is 19.0 Å². The van der Waals surface area contributed by atoms with Crippen LogP contribution in [0.3, 0.4) is 0 Å². The van der Waals surface area contributed by atoms with E-state index in [2.05, 4.69) is 4.90 Å². The number of rotatable bonds is 11. The minimum atomic E-state index is -0.439. The van der Waals surface area contributed by atoms with Crippen LogP contribution in [0.5, 0.6) is 17.4 Å². The molecule has 0 aliphatic rings. The molecule has 2 aromatic carbocycles.